The Morgan fingerprint density at radius 2 is 1.25 bits per heavy atom. The maximum atomic E-state index is 11.5. The monoisotopic (exact) mass is 416 g/mol. The summed E-state index contributed by atoms with van der Waals surface area (Å²) < 4.78 is 40.7. The van der Waals surface area contributed by atoms with Crippen molar-refractivity contribution in [3.8, 4) is 0 Å². The molecule has 0 radical (unpaired) electrons. The molecule has 0 fully saturated rings. The first-order valence-corrected chi connectivity index (χ1v) is 9.58. The molecule has 156 valence electrons. The molecule has 2 unspecified atom stereocenters. The molecule has 0 aliphatic rings. The summed E-state index contributed by atoms with van der Waals surface area (Å²) in [4.78, 5) is 33.4. The number of rotatable bonds is 16. The number of esters is 2. The van der Waals surface area contributed by atoms with Gasteiger partial charge in [-0.3, -0.25) is 4.57 Å². The van der Waals surface area contributed by atoms with Crippen molar-refractivity contribution in [2.75, 3.05) is 39.6 Å². The summed E-state index contributed by atoms with van der Waals surface area (Å²) >= 11 is 0. The van der Waals surface area contributed by atoms with Gasteiger partial charge in [-0.25, -0.2) is 9.59 Å². The minimum absolute atomic E-state index is 0. The van der Waals surface area contributed by atoms with Crippen LogP contribution in [0.2, 0.25) is 0 Å². The molecule has 0 spiro atoms. The van der Waals surface area contributed by atoms with Gasteiger partial charge < -0.3 is 32.9 Å². The fourth-order valence-corrected chi connectivity index (χ4v) is 2.18. The largest absolute Gasteiger partial charge is 1.00 e. The Hall–Kier alpha value is -0.953. The average Bonchev–Trinajstić information content (AvgIpc) is 2.60. The first kappa shape index (κ1) is 29.3. The van der Waals surface area contributed by atoms with Crippen molar-refractivity contribution in [1.29, 1.82) is 0 Å². The fourth-order valence-electron chi connectivity index (χ4n) is 1.51. The molecule has 10 nitrogen and oxygen atoms in total. The third-order valence-corrected chi connectivity index (χ3v) is 3.62. The third kappa shape index (κ3) is 17.2. The third-order valence-electron chi connectivity index (χ3n) is 2.63. The summed E-state index contributed by atoms with van der Waals surface area (Å²) in [5, 5.41) is 0. The Morgan fingerprint density at radius 3 is 1.57 bits per heavy atom. The van der Waals surface area contributed by atoms with Crippen LogP contribution in [-0.4, -0.2) is 63.8 Å². The summed E-state index contributed by atoms with van der Waals surface area (Å²) in [5.41, 5.74) is 0. The number of carbonyl (C=O) groups excluding carboxylic acids is 2. The summed E-state index contributed by atoms with van der Waals surface area (Å²) in [7, 11) is -4.48. The van der Waals surface area contributed by atoms with Crippen LogP contribution in [0.25, 0.3) is 0 Å². The summed E-state index contributed by atoms with van der Waals surface area (Å²) in [6, 6.07) is 0. The standard InChI is InChI=1S/C16H27O10P.Li/c1-5-15(17)25-13(3)11-21-7-9-23-27(19,20)24-10-8-22-12-14(4)26-16(18)6-2;/h5-6,13-14H,1-2,7-12H2,3-4H3,(H,19,20);/q;+1/p-1. The van der Waals surface area contributed by atoms with Gasteiger partial charge in [0.05, 0.1) is 39.6 Å². The van der Waals surface area contributed by atoms with Crippen LogP contribution in [0.15, 0.2) is 25.3 Å². The average molecular weight is 416 g/mol. The van der Waals surface area contributed by atoms with Crippen LogP contribution in [0, 0.1) is 0 Å². The number of ether oxygens (including phenoxy) is 4. The van der Waals surface area contributed by atoms with E-state index in [0.717, 1.165) is 12.2 Å². The zero-order valence-corrected chi connectivity index (χ0v) is 17.4. The number of hydrogen-bond acceptors (Lipinski definition) is 10. The summed E-state index contributed by atoms with van der Waals surface area (Å²) in [6.45, 7) is 9.34. The van der Waals surface area contributed by atoms with Gasteiger partial charge in [0.1, 0.15) is 12.2 Å². The molecule has 0 N–H and O–H groups in total. The van der Waals surface area contributed by atoms with E-state index in [1.165, 1.54) is 0 Å². The Balaban J connectivity index is 0. The van der Waals surface area contributed by atoms with Gasteiger partial charge >= 0.3 is 30.8 Å². The molecule has 0 aromatic heterocycles. The van der Waals surface area contributed by atoms with Gasteiger partial charge in [0.15, 0.2) is 0 Å². The van der Waals surface area contributed by atoms with Crippen LogP contribution in [0.5, 0.6) is 0 Å². The molecule has 12 heteroatoms. The van der Waals surface area contributed by atoms with Gasteiger partial charge in [0, 0.05) is 12.2 Å². The molecule has 28 heavy (non-hydrogen) atoms. The van der Waals surface area contributed by atoms with Gasteiger partial charge in [-0.05, 0) is 13.8 Å². The minimum Gasteiger partial charge on any atom is -0.756 e. The molecule has 0 saturated heterocycles. The van der Waals surface area contributed by atoms with E-state index in [2.05, 4.69) is 22.2 Å². The molecular weight excluding hydrogens is 390 g/mol. The van der Waals surface area contributed by atoms with Crippen molar-refractivity contribution in [3.05, 3.63) is 25.3 Å². The second kappa shape index (κ2) is 17.0. The van der Waals surface area contributed by atoms with Gasteiger partial charge in [-0.15, -0.1) is 0 Å². The molecule has 0 rings (SSSR count). The molecule has 0 aromatic rings. The van der Waals surface area contributed by atoms with Crippen LogP contribution in [0.4, 0.5) is 0 Å². The van der Waals surface area contributed by atoms with Crippen molar-refractivity contribution in [2.24, 2.45) is 0 Å². The van der Waals surface area contributed by atoms with Gasteiger partial charge in [-0.2, -0.15) is 0 Å². The van der Waals surface area contributed by atoms with Crippen molar-refractivity contribution in [2.45, 2.75) is 26.1 Å². The van der Waals surface area contributed by atoms with E-state index in [4.69, 9.17) is 18.9 Å². The van der Waals surface area contributed by atoms with Gasteiger partial charge in [-0.1, -0.05) is 13.2 Å². The van der Waals surface area contributed by atoms with Crippen molar-refractivity contribution in [3.63, 3.8) is 0 Å². The van der Waals surface area contributed by atoms with E-state index in [-0.39, 0.29) is 58.5 Å². The SMILES string of the molecule is C=CC(=O)OC(C)COCCOP(=O)([O-])OCCOCC(C)OC(=O)C=C.[Li+]. The molecule has 0 amide bonds. The Morgan fingerprint density at radius 1 is 0.893 bits per heavy atom. The van der Waals surface area contributed by atoms with Crippen molar-refractivity contribution < 1.29 is 65.9 Å². The number of phosphoric ester groups is 1. The Bertz CT molecular complexity index is 486. The van der Waals surface area contributed by atoms with E-state index < -0.39 is 32.0 Å². The number of hydrogen-bond donors (Lipinski definition) is 0. The first-order chi connectivity index (χ1) is 12.7. The molecular formula is C16H26LiO10P. The van der Waals surface area contributed by atoms with Crippen LogP contribution in [-0.2, 0) is 42.1 Å². The molecule has 0 heterocycles. The second-order valence-electron chi connectivity index (χ2n) is 5.17. The maximum Gasteiger partial charge on any atom is 1.00 e. The molecule has 0 aliphatic heterocycles. The zero-order chi connectivity index (χ0) is 20.7. The number of phosphoric acid groups is 1. The molecule has 0 aliphatic carbocycles. The fraction of sp³-hybridized carbons (Fsp3) is 0.625. The molecule has 0 bridgehead atoms. The topological polar surface area (TPSA) is 130 Å². The zero-order valence-electron chi connectivity index (χ0n) is 16.5. The number of carbonyl (C=O) groups is 2. The van der Waals surface area contributed by atoms with E-state index >= 15 is 0 Å². The maximum absolute atomic E-state index is 11.5. The van der Waals surface area contributed by atoms with Crippen LogP contribution < -0.4 is 23.8 Å². The van der Waals surface area contributed by atoms with Gasteiger partial charge in [0.25, 0.3) is 7.82 Å². The molecule has 0 aromatic carbocycles. The second-order valence-corrected chi connectivity index (χ2v) is 6.58. The van der Waals surface area contributed by atoms with E-state index in [1.807, 2.05) is 0 Å². The summed E-state index contributed by atoms with van der Waals surface area (Å²) in [6.07, 6.45) is 1.05. The Kier molecular flexibility index (Phi) is 17.7. The van der Waals surface area contributed by atoms with Crippen LogP contribution in [0.1, 0.15) is 13.8 Å². The van der Waals surface area contributed by atoms with Crippen LogP contribution in [0.3, 0.4) is 0 Å². The van der Waals surface area contributed by atoms with Crippen molar-refractivity contribution in [1.82, 2.24) is 0 Å². The smallest absolute Gasteiger partial charge is 0.756 e. The normalized spacial score (nSPS) is 14.7. The van der Waals surface area contributed by atoms with E-state index in [0.29, 0.717) is 0 Å². The van der Waals surface area contributed by atoms with E-state index in [1.54, 1.807) is 13.8 Å². The minimum atomic E-state index is -4.48. The summed E-state index contributed by atoms with van der Waals surface area (Å²) in [5.74, 6) is -1.15. The van der Waals surface area contributed by atoms with E-state index in [9.17, 15) is 19.0 Å². The molecule has 0 saturated carbocycles. The quantitative estimate of drug-likeness (QED) is 0.0895. The van der Waals surface area contributed by atoms with Crippen LogP contribution >= 0.6 is 7.82 Å². The first-order valence-electron chi connectivity index (χ1n) is 8.12. The van der Waals surface area contributed by atoms with Crippen molar-refractivity contribution >= 4 is 19.8 Å². The molecule has 2 atom stereocenters. The predicted molar refractivity (Wildman–Crippen MR) is 92.7 cm³/mol. The predicted octanol–water partition coefficient (Wildman–Crippen LogP) is -2.24. The van der Waals surface area contributed by atoms with Gasteiger partial charge in [0.2, 0.25) is 0 Å². The Labute approximate surface area is 176 Å².